The Morgan fingerprint density at radius 1 is 0.615 bits per heavy atom. The van der Waals surface area contributed by atoms with Crippen LogP contribution in [-0.4, -0.2) is 13.0 Å². The summed E-state index contributed by atoms with van der Waals surface area (Å²) in [6.07, 6.45) is 0. The van der Waals surface area contributed by atoms with Gasteiger partial charge < -0.3 is 4.70 Å². The molecule has 4 heteroatoms. The van der Waals surface area contributed by atoms with E-state index in [1.165, 1.54) is 11.1 Å². The first-order valence-electron chi connectivity index (χ1n) is 9.06. The van der Waals surface area contributed by atoms with Crippen molar-refractivity contribution in [2.45, 2.75) is 65.7 Å². The van der Waals surface area contributed by atoms with Gasteiger partial charge in [-0.05, 0) is 0 Å². The quantitative estimate of drug-likeness (QED) is 0.618. The summed E-state index contributed by atoms with van der Waals surface area (Å²) in [5, 5.41) is 0. The van der Waals surface area contributed by atoms with Crippen LogP contribution in [0.4, 0.5) is 0 Å². The summed E-state index contributed by atoms with van der Waals surface area (Å²) in [5.74, 6) is 0. The van der Waals surface area contributed by atoms with Crippen molar-refractivity contribution in [2.75, 3.05) is 0 Å². The zero-order valence-corrected chi connectivity index (χ0v) is 20.2. The molecule has 0 radical (unpaired) electrons. The number of hydrogen-bond acceptors (Lipinski definition) is 2. The van der Waals surface area contributed by atoms with Gasteiger partial charge in [0.05, 0.1) is 0 Å². The maximum atomic E-state index is 2.76. The third-order valence-corrected chi connectivity index (χ3v) is 11.1. The Morgan fingerprint density at radius 3 is 1.19 bits per heavy atom. The third kappa shape index (κ3) is 7.71. The van der Waals surface area contributed by atoms with Crippen LogP contribution in [0.3, 0.4) is 0 Å². The van der Waals surface area contributed by atoms with E-state index in [0.29, 0.717) is 0 Å². The van der Waals surface area contributed by atoms with Crippen molar-refractivity contribution in [3.05, 3.63) is 71.8 Å². The van der Waals surface area contributed by atoms with Gasteiger partial charge in [-0.2, -0.15) is 0 Å². The van der Waals surface area contributed by atoms with Gasteiger partial charge in [0.2, 0.25) is 0 Å². The Labute approximate surface area is 180 Å². The summed E-state index contributed by atoms with van der Waals surface area (Å²) in [6, 6.07) is 21.8. The zero-order valence-electron chi connectivity index (χ0n) is 17.0. The largest absolute Gasteiger partial charge is 1.00 e. The SMILES string of the molecule is CC(C)(C)[N](Cc1ccccc1)[Nd+][N](Cc1ccccc1)C(C)(C)C.[F-]. The van der Waals surface area contributed by atoms with Crippen LogP contribution in [0.15, 0.2) is 60.7 Å². The molecule has 141 valence electrons. The number of rotatable bonds is 6. The summed E-state index contributed by atoms with van der Waals surface area (Å²) >= 11 is -1.20. The Bertz CT molecular complexity index is 575. The van der Waals surface area contributed by atoms with E-state index in [1.807, 2.05) is 0 Å². The van der Waals surface area contributed by atoms with E-state index in [9.17, 15) is 0 Å². The molecule has 2 aromatic rings. The molecule has 0 aliphatic carbocycles. The second kappa shape index (κ2) is 10.3. The normalized spacial score (nSPS) is 12.0. The number of hydrogen-bond donors (Lipinski definition) is 0. The molecule has 0 bridgehead atoms. The molecule has 0 unspecified atom stereocenters. The number of benzene rings is 2. The minimum Gasteiger partial charge on any atom is -1.00 e. The number of nitrogens with zero attached hydrogens (tertiary/aromatic N) is 2. The van der Waals surface area contributed by atoms with Crippen molar-refractivity contribution in [1.29, 1.82) is 0 Å². The Balaban J connectivity index is 0.00000338. The minimum absolute atomic E-state index is 0. The van der Waals surface area contributed by atoms with Gasteiger partial charge in [-0.1, -0.05) is 0 Å². The van der Waals surface area contributed by atoms with E-state index in [4.69, 9.17) is 0 Å². The molecule has 0 aromatic heterocycles. The smallest absolute Gasteiger partial charge is 1.00 e. The van der Waals surface area contributed by atoms with Crippen molar-refractivity contribution >= 4 is 0 Å². The molecule has 0 heterocycles. The molecule has 0 amide bonds. The standard InChI is InChI=1S/2C11H16N.FH.Nd/c2*1-11(2,3)12-9-10-7-5-4-6-8-10;;/h2*4-8H,9H2,1-3H3;1H;/q2*-1;;+3/p-1. The number of halogens is 1. The fraction of sp³-hybridized carbons (Fsp3) is 0.455. The third-order valence-electron chi connectivity index (χ3n) is 4.23. The van der Waals surface area contributed by atoms with Gasteiger partial charge in [0.15, 0.2) is 0 Å². The molecule has 0 atom stereocenters. The molecule has 0 saturated heterocycles. The molecule has 2 rings (SSSR count). The van der Waals surface area contributed by atoms with Crippen molar-refractivity contribution in [3.8, 4) is 0 Å². The van der Waals surface area contributed by atoms with Crippen LogP contribution in [0.5, 0.6) is 0 Å². The molecule has 0 aliphatic heterocycles. The topological polar surface area (TPSA) is 6.48 Å². The fourth-order valence-electron chi connectivity index (χ4n) is 2.52. The predicted octanol–water partition coefficient (Wildman–Crippen LogP) is 2.51. The van der Waals surface area contributed by atoms with E-state index >= 15 is 0 Å². The van der Waals surface area contributed by atoms with Crippen LogP contribution in [0.1, 0.15) is 52.7 Å². The average Bonchev–Trinajstić information content (AvgIpc) is 2.53. The monoisotopic (exact) mass is 485 g/mol. The van der Waals surface area contributed by atoms with Gasteiger partial charge in [0.25, 0.3) is 0 Å². The van der Waals surface area contributed by atoms with Crippen LogP contribution in [0, 0.1) is 37.5 Å². The molecular weight excluding hydrogens is 455 g/mol. The average molecular weight is 488 g/mol. The van der Waals surface area contributed by atoms with E-state index in [1.54, 1.807) is 0 Å². The molecule has 0 saturated carbocycles. The Hall–Kier alpha value is -0.359. The van der Waals surface area contributed by atoms with Crippen molar-refractivity contribution in [2.24, 2.45) is 0 Å². The summed E-state index contributed by atoms with van der Waals surface area (Å²) in [7, 11) is 0. The van der Waals surface area contributed by atoms with Gasteiger partial charge >= 0.3 is 177 Å². The van der Waals surface area contributed by atoms with Gasteiger partial charge in [-0.3, -0.25) is 0 Å². The first-order chi connectivity index (χ1) is 11.7. The maximum absolute atomic E-state index is 2.76. The van der Waals surface area contributed by atoms with E-state index in [-0.39, 0.29) is 15.8 Å². The van der Waals surface area contributed by atoms with Crippen molar-refractivity contribution in [1.82, 2.24) is 1.97 Å². The second-order valence-corrected chi connectivity index (χ2v) is 12.7. The molecule has 26 heavy (non-hydrogen) atoms. The van der Waals surface area contributed by atoms with Crippen LogP contribution < -0.4 is 4.70 Å². The maximum Gasteiger partial charge on any atom is -1.00 e. The van der Waals surface area contributed by atoms with Crippen molar-refractivity contribution < 1.29 is 42.2 Å². The van der Waals surface area contributed by atoms with Crippen LogP contribution in [0.25, 0.3) is 0 Å². The first kappa shape index (κ1) is 23.7. The van der Waals surface area contributed by atoms with Gasteiger partial charge in [-0.15, -0.1) is 0 Å². The van der Waals surface area contributed by atoms with Crippen molar-refractivity contribution in [3.63, 3.8) is 0 Å². The minimum atomic E-state index is -1.20. The zero-order chi connectivity index (χ0) is 18.5. The molecule has 0 fully saturated rings. The summed E-state index contributed by atoms with van der Waals surface area (Å²) in [6.45, 7) is 16.2. The van der Waals surface area contributed by atoms with Gasteiger partial charge in [-0.25, -0.2) is 0 Å². The molecular formula is C22H32FN2Nd. The summed E-state index contributed by atoms with van der Waals surface area (Å²) in [5.41, 5.74) is 3.22. The predicted molar refractivity (Wildman–Crippen MR) is 103 cm³/mol. The van der Waals surface area contributed by atoms with E-state index in [0.717, 1.165) is 13.1 Å². The summed E-state index contributed by atoms with van der Waals surface area (Å²) in [4.78, 5) is 0. The molecule has 0 spiro atoms. The molecule has 0 N–H and O–H groups in total. The first-order valence-corrected chi connectivity index (χ1v) is 11.9. The van der Waals surface area contributed by atoms with E-state index < -0.39 is 37.5 Å². The van der Waals surface area contributed by atoms with Crippen LogP contribution in [0.2, 0.25) is 0 Å². The molecule has 2 aromatic carbocycles. The van der Waals surface area contributed by atoms with Gasteiger partial charge in [0.1, 0.15) is 0 Å². The second-order valence-electron chi connectivity index (χ2n) is 8.59. The van der Waals surface area contributed by atoms with Gasteiger partial charge in [0, 0.05) is 0 Å². The molecule has 0 aliphatic rings. The molecule has 2 nitrogen and oxygen atoms in total. The van der Waals surface area contributed by atoms with Crippen LogP contribution in [-0.2, 0) is 13.1 Å². The Morgan fingerprint density at radius 2 is 0.923 bits per heavy atom. The van der Waals surface area contributed by atoms with E-state index in [2.05, 4.69) is 104 Å². The van der Waals surface area contributed by atoms with Crippen LogP contribution >= 0.6 is 0 Å². The Kier molecular flexibility index (Phi) is 9.34. The summed E-state index contributed by atoms with van der Waals surface area (Å²) < 4.78 is 5.52. The fourth-order valence-corrected chi connectivity index (χ4v) is 7.01.